The van der Waals surface area contributed by atoms with Crippen LogP contribution in [0.4, 0.5) is 0 Å². The normalized spacial score (nSPS) is 17.5. The first kappa shape index (κ1) is 19.7. The molecule has 1 aromatic heterocycles. The lowest BCUT2D eigenvalue weighted by molar-refractivity contribution is -0.131. The van der Waals surface area contributed by atoms with E-state index in [9.17, 15) is 14.4 Å². The van der Waals surface area contributed by atoms with Gasteiger partial charge in [0.25, 0.3) is 0 Å². The first-order valence-corrected chi connectivity index (χ1v) is 9.41. The maximum Gasteiger partial charge on any atom is 0.243 e. The second kappa shape index (κ2) is 8.77. The van der Waals surface area contributed by atoms with E-state index in [1.54, 1.807) is 0 Å². The molecule has 2 atom stereocenters. The zero-order chi connectivity index (χ0) is 20.1. The van der Waals surface area contributed by atoms with Crippen molar-refractivity contribution in [3.63, 3.8) is 0 Å². The van der Waals surface area contributed by atoms with Crippen LogP contribution in [0.25, 0.3) is 0 Å². The number of likely N-dealkylation sites (tertiary alicyclic amines) is 1. The molecule has 3 rings (SSSR count). The van der Waals surface area contributed by atoms with Gasteiger partial charge in [-0.1, -0.05) is 49.3 Å². The Hall–Kier alpha value is -3.03. The summed E-state index contributed by atoms with van der Waals surface area (Å²) >= 11 is 0. The van der Waals surface area contributed by atoms with Crippen LogP contribution in [0.2, 0.25) is 0 Å². The van der Waals surface area contributed by atoms with Crippen molar-refractivity contribution in [2.45, 2.75) is 45.2 Å². The van der Waals surface area contributed by atoms with Gasteiger partial charge in [0, 0.05) is 6.54 Å². The predicted octanol–water partition coefficient (Wildman–Crippen LogP) is 1.60. The fraction of sp³-hybridized carbons (Fsp3) is 0.450. The number of nitrogens with zero attached hydrogens (tertiary/aromatic N) is 3. The quantitative estimate of drug-likeness (QED) is 0.547. The van der Waals surface area contributed by atoms with Crippen LogP contribution in [0.3, 0.4) is 0 Å². The van der Waals surface area contributed by atoms with Crippen LogP contribution in [0.15, 0.2) is 34.9 Å². The molecule has 2 amide bonds. The third kappa shape index (κ3) is 4.44. The molecule has 148 valence electrons. The summed E-state index contributed by atoms with van der Waals surface area (Å²) in [5, 5.41) is 6.57. The van der Waals surface area contributed by atoms with E-state index < -0.39 is 17.9 Å². The minimum absolute atomic E-state index is 0.0522. The van der Waals surface area contributed by atoms with Gasteiger partial charge in [0.2, 0.25) is 29.8 Å². The largest absolute Gasteiger partial charge is 0.344 e. The minimum Gasteiger partial charge on any atom is -0.344 e. The zero-order valence-corrected chi connectivity index (χ0v) is 16.0. The van der Waals surface area contributed by atoms with Gasteiger partial charge in [-0.25, -0.2) is 0 Å². The highest BCUT2D eigenvalue weighted by atomic mass is 16.5. The van der Waals surface area contributed by atoms with E-state index >= 15 is 0 Å². The molecule has 1 saturated heterocycles. The fourth-order valence-corrected chi connectivity index (χ4v) is 3.32. The molecule has 1 unspecified atom stereocenters. The summed E-state index contributed by atoms with van der Waals surface area (Å²) in [6.45, 7) is 4.22. The van der Waals surface area contributed by atoms with Gasteiger partial charge in [-0.05, 0) is 24.3 Å². The van der Waals surface area contributed by atoms with E-state index in [2.05, 4.69) is 15.5 Å². The molecular formula is C20H24N4O4. The molecule has 0 aliphatic carbocycles. The Morgan fingerprint density at radius 2 is 2.07 bits per heavy atom. The number of carbonyl (C=O) groups excluding carboxylic acids is 3. The number of carbonyl (C=O) groups is 3. The Bertz CT molecular complexity index is 834. The number of rotatable bonds is 8. The van der Waals surface area contributed by atoms with E-state index in [1.807, 2.05) is 44.2 Å². The standard InChI is InChI=1S/C20H24N4O4/c1-13(2)17(22-20(27)15-9-6-10-24(15)12-25)18(26)19-21-16(28-23-19)11-14-7-4-3-5-8-14/h3-5,7-8,12-13,15,17H,6,9-11H2,1-2H3,(H,22,27)/t15-,17?/m0/s1. The average molecular weight is 384 g/mol. The molecule has 2 aromatic rings. The molecule has 0 bridgehead atoms. The molecule has 2 heterocycles. The summed E-state index contributed by atoms with van der Waals surface area (Å²) in [6, 6.07) is 8.28. The van der Waals surface area contributed by atoms with E-state index in [0.717, 1.165) is 12.0 Å². The van der Waals surface area contributed by atoms with E-state index in [1.165, 1.54) is 4.90 Å². The average Bonchev–Trinajstić information content (AvgIpc) is 3.35. The molecule has 0 saturated carbocycles. The van der Waals surface area contributed by atoms with Crippen molar-refractivity contribution in [3.05, 3.63) is 47.6 Å². The molecule has 1 aromatic carbocycles. The number of amides is 2. The molecule has 0 radical (unpaired) electrons. The second-order valence-electron chi connectivity index (χ2n) is 7.27. The second-order valence-corrected chi connectivity index (χ2v) is 7.27. The van der Waals surface area contributed by atoms with Crippen LogP contribution in [-0.4, -0.2) is 51.8 Å². The van der Waals surface area contributed by atoms with Gasteiger partial charge in [-0.15, -0.1) is 0 Å². The summed E-state index contributed by atoms with van der Waals surface area (Å²) in [6.07, 6.45) is 2.46. The molecular weight excluding hydrogens is 360 g/mol. The van der Waals surface area contributed by atoms with Crippen LogP contribution >= 0.6 is 0 Å². The van der Waals surface area contributed by atoms with Crippen molar-refractivity contribution in [1.29, 1.82) is 0 Å². The van der Waals surface area contributed by atoms with E-state index in [4.69, 9.17) is 4.52 Å². The minimum atomic E-state index is -0.788. The molecule has 8 nitrogen and oxygen atoms in total. The number of hydrogen-bond acceptors (Lipinski definition) is 6. The van der Waals surface area contributed by atoms with Crippen molar-refractivity contribution in [2.24, 2.45) is 5.92 Å². The number of aromatic nitrogens is 2. The van der Waals surface area contributed by atoms with Crippen molar-refractivity contribution in [2.75, 3.05) is 6.54 Å². The van der Waals surface area contributed by atoms with Gasteiger partial charge >= 0.3 is 0 Å². The summed E-state index contributed by atoms with van der Waals surface area (Å²) in [5.74, 6) is -0.611. The van der Waals surface area contributed by atoms with E-state index in [-0.39, 0.29) is 17.6 Å². The smallest absolute Gasteiger partial charge is 0.243 e. The van der Waals surface area contributed by atoms with Gasteiger partial charge in [-0.3, -0.25) is 14.4 Å². The number of benzene rings is 1. The molecule has 0 spiro atoms. The Balaban J connectivity index is 1.69. The van der Waals surface area contributed by atoms with Crippen molar-refractivity contribution in [1.82, 2.24) is 20.4 Å². The molecule has 1 fully saturated rings. The molecule has 8 heteroatoms. The fourth-order valence-electron chi connectivity index (χ4n) is 3.32. The maximum atomic E-state index is 12.9. The van der Waals surface area contributed by atoms with Crippen LogP contribution in [-0.2, 0) is 16.0 Å². The molecule has 1 N–H and O–H groups in total. The molecule has 28 heavy (non-hydrogen) atoms. The lowest BCUT2D eigenvalue weighted by atomic mass is 9.98. The Morgan fingerprint density at radius 3 is 2.75 bits per heavy atom. The van der Waals surface area contributed by atoms with Gasteiger partial charge in [0.1, 0.15) is 6.04 Å². The number of ketones is 1. The van der Waals surface area contributed by atoms with Gasteiger partial charge < -0.3 is 14.7 Å². The third-order valence-corrected chi connectivity index (χ3v) is 4.87. The highest BCUT2D eigenvalue weighted by Crippen LogP contribution is 2.17. The zero-order valence-electron chi connectivity index (χ0n) is 16.0. The monoisotopic (exact) mass is 384 g/mol. The van der Waals surface area contributed by atoms with E-state index in [0.29, 0.717) is 31.7 Å². The maximum absolute atomic E-state index is 12.9. The SMILES string of the molecule is CC(C)C(NC(=O)[C@@H]1CCCN1C=O)C(=O)c1noc(Cc2ccccc2)n1. The topological polar surface area (TPSA) is 105 Å². The van der Waals surface area contributed by atoms with Gasteiger partial charge in [0.05, 0.1) is 12.5 Å². The lowest BCUT2D eigenvalue weighted by Crippen LogP contribution is -2.51. The van der Waals surface area contributed by atoms with Gasteiger partial charge in [-0.2, -0.15) is 4.98 Å². The highest BCUT2D eigenvalue weighted by Gasteiger charge is 2.34. The van der Waals surface area contributed by atoms with Crippen molar-refractivity contribution >= 4 is 18.1 Å². The first-order chi connectivity index (χ1) is 13.5. The Kier molecular flexibility index (Phi) is 6.18. The molecule has 1 aliphatic heterocycles. The Morgan fingerprint density at radius 1 is 1.32 bits per heavy atom. The van der Waals surface area contributed by atoms with Crippen LogP contribution < -0.4 is 5.32 Å². The number of hydrogen-bond donors (Lipinski definition) is 1. The van der Waals surface area contributed by atoms with Gasteiger partial charge in [0.15, 0.2) is 0 Å². The highest BCUT2D eigenvalue weighted by molar-refractivity contribution is 6.00. The number of nitrogens with one attached hydrogen (secondary N) is 1. The van der Waals surface area contributed by atoms with Crippen LogP contribution in [0.5, 0.6) is 0 Å². The van der Waals surface area contributed by atoms with Crippen LogP contribution in [0.1, 0.15) is 48.8 Å². The molecule has 1 aliphatic rings. The summed E-state index contributed by atoms with van der Waals surface area (Å²) in [4.78, 5) is 42.2. The van der Waals surface area contributed by atoms with Crippen molar-refractivity contribution in [3.8, 4) is 0 Å². The lowest BCUT2D eigenvalue weighted by Gasteiger charge is -2.24. The van der Waals surface area contributed by atoms with Crippen molar-refractivity contribution < 1.29 is 18.9 Å². The summed E-state index contributed by atoms with van der Waals surface area (Å²) in [5.41, 5.74) is 0.994. The number of Topliss-reactive ketones (excluding diaryl/α,β-unsaturated/α-hetero) is 1. The summed E-state index contributed by atoms with van der Waals surface area (Å²) in [7, 11) is 0. The third-order valence-electron chi connectivity index (χ3n) is 4.87. The van der Waals surface area contributed by atoms with Crippen LogP contribution in [0, 0.1) is 5.92 Å². The summed E-state index contributed by atoms with van der Waals surface area (Å²) < 4.78 is 5.21. The first-order valence-electron chi connectivity index (χ1n) is 9.41. The Labute approximate surface area is 163 Å². The predicted molar refractivity (Wildman–Crippen MR) is 100 cm³/mol.